The summed E-state index contributed by atoms with van der Waals surface area (Å²) in [6.45, 7) is 2.24. The number of carbonyl (C=O) groups excluding carboxylic acids is 1. The van der Waals surface area contributed by atoms with Gasteiger partial charge in [-0.15, -0.1) is 10.2 Å². The standard InChI is InChI=1S/C19H17N3O3S/c1-12-3-5-13(6-4-12)18-20-21-19(22(18)2)26-10-15(23)14-7-8-16-17(9-14)25-11-24-16/h3-9H,10-11H2,1-2H3. The lowest BCUT2D eigenvalue weighted by molar-refractivity contribution is 0.102. The maximum absolute atomic E-state index is 12.5. The topological polar surface area (TPSA) is 66.2 Å². The van der Waals surface area contributed by atoms with Crippen LogP contribution in [0.1, 0.15) is 15.9 Å². The second-order valence-corrected chi connectivity index (χ2v) is 6.95. The number of fused-ring (bicyclic) bond motifs is 1. The molecule has 2 heterocycles. The van der Waals surface area contributed by atoms with Crippen LogP contribution in [0.3, 0.4) is 0 Å². The third-order valence-electron chi connectivity index (χ3n) is 4.17. The highest BCUT2D eigenvalue weighted by Gasteiger charge is 2.18. The van der Waals surface area contributed by atoms with Crippen LogP contribution in [0, 0.1) is 6.92 Å². The molecule has 6 nitrogen and oxygen atoms in total. The molecule has 26 heavy (non-hydrogen) atoms. The Morgan fingerprint density at radius 2 is 1.88 bits per heavy atom. The van der Waals surface area contributed by atoms with Crippen molar-refractivity contribution in [1.82, 2.24) is 14.8 Å². The van der Waals surface area contributed by atoms with Gasteiger partial charge in [0.05, 0.1) is 5.75 Å². The fourth-order valence-electron chi connectivity index (χ4n) is 2.68. The number of hydrogen-bond acceptors (Lipinski definition) is 6. The number of carbonyl (C=O) groups is 1. The Morgan fingerprint density at radius 1 is 1.12 bits per heavy atom. The van der Waals surface area contributed by atoms with E-state index in [9.17, 15) is 4.79 Å². The van der Waals surface area contributed by atoms with Crippen LogP contribution >= 0.6 is 11.8 Å². The molecule has 4 rings (SSSR count). The molecule has 0 radical (unpaired) electrons. The quantitative estimate of drug-likeness (QED) is 0.508. The number of ketones is 1. The zero-order valence-electron chi connectivity index (χ0n) is 14.4. The molecule has 0 aliphatic carbocycles. The largest absolute Gasteiger partial charge is 0.454 e. The van der Waals surface area contributed by atoms with Crippen molar-refractivity contribution in [2.24, 2.45) is 7.05 Å². The zero-order valence-corrected chi connectivity index (χ0v) is 15.2. The fourth-order valence-corrected chi connectivity index (χ4v) is 3.48. The summed E-state index contributed by atoms with van der Waals surface area (Å²) < 4.78 is 12.5. The predicted octanol–water partition coefficient (Wildman–Crippen LogP) is 3.49. The van der Waals surface area contributed by atoms with E-state index < -0.39 is 0 Å². The maximum atomic E-state index is 12.5. The molecule has 0 saturated heterocycles. The van der Waals surface area contributed by atoms with E-state index in [2.05, 4.69) is 10.2 Å². The highest BCUT2D eigenvalue weighted by molar-refractivity contribution is 7.99. The Labute approximate surface area is 155 Å². The van der Waals surface area contributed by atoms with Crippen molar-refractivity contribution in [3.63, 3.8) is 0 Å². The first kappa shape index (κ1) is 16.7. The summed E-state index contributed by atoms with van der Waals surface area (Å²) in [6.07, 6.45) is 0. The van der Waals surface area contributed by atoms with Gasteiger partial charge in [-0.25, -0.2) is 0 Å². The van der Waals surface area contributed by atoms with Crippen LogP contribution in [0.2, 0.25) is 0 Å². The highest BCUT2D eigenvalue weighted by atomic mass is 32.2. The zero-order chi connectivity index (χ0) is 18.1. The summed E-state index contributed by atoms with van der Waals surface area (Å²) >= 11 is 1.37. The number of hydrogen-bond donors (Lipinski definition) is 0. The Bertz CT molecular complexity index is 967. The van der Waals surface area contributed by atoms with Crippen molar-refractivity contribution in [3.8, 4) is 22.9 Å². The summed E-state index contributed by atoms with van der Waals surface area (Å²) in [4.78, 5) is 12.5. The first-order valence-electron chi connectivity index (χ1n) is 8.14. The van der Waals surface area contributed by atoms with Gasteiger partial charge in [0.15, 0.2) is 28.3 Å². The average Bonchev–Trinajstić information content (AvgIpc) is 3.26. The van der Waals surface area contributed by atoms with Crippen LogP contribution in [-0.2, 0) is 7.05 Å². The van der Waals surface area contributed by atoms with Gasteiger partial charge in [0.1, 0.15) is 0 Å². The van der Waals surface area contributed by atoms with Crippen LogP contribution in [0.5, 0.6) is 11.5 Å². The normalized spacial score (nSPS) is 12.4. The summed E-state index contributed by atoms with van der Waals surface area (Å²) in [5.41, 5.74) is 2.79. The number of benzene rings is 2. The number of aryl methyl sites for hydroxylation is 1. The number of nitrogens with zero attached hydrogens (tertiary/aromatic N) is 3. The Balaban J connectivity index is 1.46. The average molecular weight is 367 g/mol. The third kappa shape index (κ3) is 3.17. The summed E-state index contributed by atoms with van der Waals surface area (Å²) in [6, 6.07) is 13.4. The Kier molecular flexibility index (Phi) is 4.38. The molecule has 7 heteroatoms. The van der Waals surface area contributed by atoms with E-state index in [0.29, 0.717) is 22.2 Å². The number of thioether (sulfide) groups is 1. The Morgan fingerprint density at radius 3 is 2.69 bits per heavy atom. The monoisotopic (exact) mass is 367 g/mol. The SMILES string of the molecule is Cc1ccc(-c2nnc(SCC(=O)c3ccc4c(c3)OCO4)n2C)cc1. The molecule has 0 fully saturated rings. The molecule has 0 saturated carbocycles. The lowest BCUT2D eigenvalue weighted by Gasteiger charge is -2.05. The van der Waals surface area contributed by atoms with E-state index >= 15 is 0 Å². The van der Waals surface area contributed by atoms with Crippen LogP contribution in [0.25, 0.3) is 11.4 Å². The lowest BCUT2D eigenvalue weighted by Crippen LogP contribution is -2.04. The first-order chi connectivity index (χ1) is 12.6. The second-order valence-electron chi connectivity index (χ2n) is 6.01. The second kappa shape index (κ2) is 6.84. The molecule has 132 valence electrons. The van der Waals surface area contributed by atoms with Gasteiger partial charge in [-0.2, -0.15) is 0 Å². The smallest absolute Gasteiger partial charge is 0.231 e. The van der Waals surface area contributed by atoms with Crippen LogP contribution in [-0.4, -0.2) is 33.1 Å². The summed E-state index contributed by atoms with van der Waals surface area (Å²) in [5, 5.41) is 9.18. The van der Waals surface area contributed by atoms with Crippen LogP contribution in [0.15, 0.2) is 47.6 Å². The minimum atomic E-state index is 0.00758. The van der Waals surface area contributed by atoms with Gasteiger partial charge in [-0.3, -0.25) is 4.79 Å². The molecule has 2 aromatic carbocycles. The van der Waals surface area contributed by atoms with Gasteiger partial charge in [0, 0.05) is 18.2 Å². The van der Waals surface area contributed by atoms with Crippen molar-refractivity contribution >= 4 is 17.5 Å². The molecule has 1 aromatic heterocycles. The van der Waals surface area contributed by atoms with E-state index in [-0.39, 0.29) is 18.3 Å². The van der Waals surface area contributed by atoms with Gasteiger partial charge < -0.3 is 14.0 Å². The molecule has 3 aromatic rings. The van der Waals surface area contributed by atoms with Crippen molar-refractivity contribution in [1.29, 1.82) is 0 Å². The van der Waals surface area contributed by atoms with Gasteiger partial charge in [0.25, 0.3) is 0 Å². The van der Waals surface area contributed by atoms with E-state index in [4.69, 9.17) is 9.47 Å². The van der Waals surface area contributed by atoms with Gasteiger partial charge in [-0.1, -0.05) is 41.6 Å². The molecule has 1 aliphatic rings. The first-order valence-corrected chi connectivity index (χ1v) is 9.12. The number of rotatable bonds is 5. The van der Waals surface area contributed by atoms with Crippen molar-refractivity contribution in [2.75, 3.05) is 12.5 Å². The number of ether oxygens (including phenoxy) is 2. The molecule has 0 spiro atoms. The molecule has 0 unspecified atom stereocenters. The molecule has 0 N–H and O–H groups in total. The van der Waals surface area contributed by atoms with Gasteiger partial charge in [0.2, 0.25) is 6.79 Å². The molecular weight excluding hydrogens is 350 g/mol. The maximum Gasteiger partial charge on any atom is 0.231 e. The lowest BCUT2D eigenvalue weighted by atomic mass is 10.1. The minimum absolute atomic E-state index is 0.00758. The van der Waals surface area contributed by atoms with Crippen molar-refractivity contribution < 1.29 is 14.3 Å². The van der Waals surface area contributed by atoms with E-state index in [1.165, 1.54) is 17.3 Å². The predicted molar refractivity (Wildman–Crippen MR) is 98.8 cm³/mol. The van der Waals surface area contributed by atoms with E-state index in [0.717, 1.165) is 11.4 Å². The molecule has 0 amide bonds. The summed E-state index contributed by atoms with van der Waals surface area (Å²) in [7, 11) is 1.91. The minimum Gasteiger partial charge on any atom is -0.454 e. The molecule has 1 aliphatic heterocycles. The third-order valence-corrected chi connectivity index (χ3v) is 5.19. The molecule has 0 bridgehead atoms. The fraction of sp³-hybridized carbons (Fsp3) is 0.211. The van der Waals surface area contributed by atoms with Crippen LogP contribution < -0.4 is 9.47 Å². The molecule has 0 atom stereocenters. The molecular formula is C19H17N3O3S. The highest BCUT2D eigenvalue weighted by Crippen LogP contribution is 2.33. The van der Waals surface area contributed by atoms with Crippen molar-refractivity contribution in [3.05, 3.63) is 53.6 Å². The van der Waals surface area contributed by atoms with Gasteiger partial charge in [-0.05, 0) is 25.1 Å². The Hall–Kier alpha value is -2.80. The number of Topliss-reactive ketones (excluding diaryl/α,β-unsaturated/α-hetero) is 1. The summed E-state index contributed by atoms with van der Waals surface area (Å²) in [5.74, 6) is 2.35. The number of aromatic nitrogens is 3. The van der Waals surface area contributed by atoms with E-state index in [1.54, 1.807) is 18.2 Å². The van der Waals surface area contributed by atoms with Crippen molar-refractivity contribution in [2.45, 2.75) is 12.1 Å². The van der Waals surface area contributed by atoms with Crippen LogP contribution in [0.4, 0.5) is 0 Å². The van der Waals surface area contributed by atoms with Gasteiger partial charge >= 0.3 is 0 Å². The van der Waals surface area contributed by atoms with E-state index in [1.807, 2.05) is 42.8 Å².